The van der Waals surface area contributed by atoms with E-state index < -0.39 is 29.3 Å². The molecule has 1 amide bonds. The molecular formula is C15H24N2O5S. The summed E-state index contributed by atoms with van der Waals surface area (Å²) in [7, 11) is 0. The highest BCUT2D eigenvalue weighted by Gasteiger charge is 2.34. The summed E-state index contributed by atoms with van der Waals surface area (Å²) in [5, 5.41) is 14.8. The summed E-state index contributed by atoms with van der Waals surface area (Å²) >= 11 is 1.16. The van der Waals surface area contributed by atoms with Crippen molar-refractivity contribution in [2.45, 2.75) is 58.8 Å². The van der Waals surface area contributed by atoms with E-state index >= 15 is 0 Å². The number of nitrogens with zero attached hydrogens (tertiary/aromatic N) is 1. The second-order valence-corrected chi connectivity index (χ2v) is 7.41. The number of esters is 1. The second-order valence-electron chi connectivity index (χ2n) is 6.52. The van der Waals surface area contributed by atoms with Crippen LogP contribution in [0.3, 0.4) is 0 Å². The van der Waals surface area contributed by atoms with Gasteiger partial charge in [-0.25, -0.2) is 14.6 Å². The summed E-state index contributed by atoms with van der Waals surface area (Å²) in [6.45, 7) is 10.3. The van der Waals surface area contributed by atoms with E-state index in [4.69, 9.17) is 9.47 Å². The lowest BCUT2D eigenvalue weighted by Crippen LogP contribution is -2.44. The number of hydrogen-bond donors (Lipinski definition) is 2. The van der Waals surface area contributed by atoms with Crippen molar-refractivity contribution in [2.24, 2.45) is 0 Å². The van der Waals surface area contributed by atoms with Gasteiger partial charge in [-0.05, 0) is 41.5 Å². The first-order chi connectivity index (χ1) is 10.4. The summed E-state index contributed by atoms with van der Waals surface area (Å²) in [6.07, 6.45) is -0.669. The molecule has 0 bridgehead atoms. The van der Waals surface area contributed by atoms with Crippen molar-refractivity contribution in [2.75, 3.05) is 6.61 Å². The van der Waals surface area contributed by atoms with Gasteiger partial charge in [-0.15, -0.1) is 11.3 Å². The van der Waals surface area contributed by atoms with Crippen LogP contribution in [0.2, 0.25) is 0 Å². The van der Waals surface area contributed by atoms with E-state index in [2.05, 4.69) is 10.3 Å². The first kappa shape index (κ1) is 19.4. The van der Waals surface area contributed by atoms with Gasteiger partial charge in [-0.1, -0.05) is 0 Å². The lowest BCUT2D eigenvalue weighted by atomic mass is 10.00. The number of aliphatic hydroxyl groups is 1. The van der Waals surface area contributed by atoms with Crippen LogP contribution < -0.4 is 5.32 Å². The van der Waals surface area contributed by atoms with Crippen molar-refractivity contribution in [1.82, 2.24) is 10.3 Å². The third-order valence-corrected chi connectivity index (χ3v) is 3.53. The number of rotatable bonds is 5. The Labute approximate surface area is 140 Å². The smallest absolute Gasteiger partial charge is 0.408 e. The Hall–Kier alpha value is -1.67. The van der Waals surface area contributed by atoms with Crippen LogP contribution >= 0.6 is 11.3 Å². The first-order valence-electron chi connectivity index (χ1n) is 7.28. The molecule has 0 aromatic carbocycles. The van der Waals surface area contributed by atoms with E-state index in [0.717, 1.165) is 11.3 Å². The van der Waals surface area contributed by atoms with Crippen LogP contribution in [0.5, 0.6) is 0 Å². The zero-order chi connectivity index (χ0) is 17.8. The monoisotopic (exact) mass is 344 g/mol. The maximum absolute atomic E-state index is 12.0. The summed E-state index contributed by atoms with van der Waals surface area (Å²) in [4.78, 5) is 27.8. The Morgan fingerprint density at radius 2 is 1.96 bits per heavy atom. The molecule has 0 aliphatic carbocycles. The molecule has 0 fully saturated rings. The number of hydrogen-bond acceptors (Lipinski definition) is 7. The van der Waals surface area contributed by atoms with Gasteiger partial charge >= 0.3 is 12.1 Å². The Morgan fingerprint density at radius 3 is 2.43 bits per heavy atom. The molecule has 0 unspecified atom stereocenters. The van der Waals surface area contributed by atoms with Crippen molar-refractivity contribution in [3.63, 3.8) is 0 Å². The molecule has 0 aliphatic heterocycles. The third kappa shape index (κ3) is 6.15. The van der Waals surface area contributed by atoms with Crippen LogP contribution in [0.15, 0.2) is 5.38 Å². The number of thiazole rings is 1. The molecule has 130 valence electrons. The minimum absolute atomic E-state index is 0.145. The molecule has 1 aromatic rings. The van der Waals surface area contributed by atoms with E-state index in [1.54, 1.807) is 41.5 Å². The van der Waals surface area contributed by atoms with Gasteiger partial charge in [-0.3, -0.25) is 0 Å². The molecule has 0 saturated carbocycles. The van der Waals surface area contributed by atoms with Crippen molar-refractivity contribution < 1.29 is 24.2 Å². The van der Waals surface area contributed by atoms with Gasteiger partial charge in [0.1, 0.15) is 16.7 Å². The summed E-state index contributed by atoms with van der Waals surface area (Å²) < 4.78 is 10.1. The predicted molar refractivity (Wildman–Crippen MR) is 86.5 cm³/mol. The van der Waals surface area contributed by atoms with Crippen LogP contribution in [0, 0.1) is 0 Å². The number of carbonyl (C=O) groups excluding carboxylic acids is 2. The molecule has 7 nitrogen and oxygen atoms in total. The maximum atomic E-state index is 12.0. The van der Waals surface area contributed by atoms with E-state index in [-0.39, 0.29) is 12.3 Å². The second kappa shape index (κ2) is 7.27. The molecule has 1 aromatic heterocycles. The molecule has 1 atom stereocenters. The Morgan fingerprint density at radius 1 is 1.35 bits per heavy atom. The number of nitrogens with one attached hydrogen (secondary N) is 1. The average Bonchev–Trinajstić information content (AvgIpc) is 2.81. The highest BCUT2D eigenvalue weighted by Crippen LogP contribution is 2.28. The topological polar surface area (TPSA) is 97.8 Å². The van der Waals surface area contributed by atoms with Crippen LogP contribution in [0.25, 0.3) is 0 Å². The number of amides is 1. The van der Waals surface area contributed by atoms with Crippen molar-refractivity contribution in [1.29, 1.82) is 0 Å². The Bertz CT molecular complexity index is 557. The first-order valence-corrected chi connectivity index (χ1v) is 8.16. The Balaban J connectivity index is 2.96. The minimum atomic E-state index is -1.29. The fraction of sp³-hybridized carbons (Fsp3) is 0.667. The third-order valence-electron chi connectivity index (χ3n) is 2.62. The van der Waals surface area contributed by atoms with Gasteiger partial charge in [0.2, 0.25) is 0 Å². The fourth-order valence-electron chi connectivity index (χ4n) is 1.68. The molecule has 0 spiro atoms. The molecule has 0 saturated heterocycles. The van der Waals surface area contributed by atoms with E-state index in [1.807, 2.05) is 0 Å². The molecular weight excluding hydrogens is 320 g/mol. The predicted octanol–water partition coefficient (Wildman–Crippen LogP) is 2.66. The maximum Gasteiger partial charge on any atom is 0.408 e. The zero-order valence-corrected chi connectivity index (χ0v) is 15.1. The van der Waals surface area contributed by atoms with Crippen LogP contribution in [-0.2, 0) is 9.47 Å². The van der Waals surface area contributed by atoms with Gasteiger partial charge in [0.25, 0.3) is 0 Å². The summed E-state index contributed by atoms with van der Waals surface area (Å²) in [5.41, 5.74) is -1.81. The van der Waals surface area contributed by atoms with Crippen LogP contribution in [-0.4, -0.2) is 40.0 Å². The molecule has 0 radical (unpaired) electrons. The van der Waals surface area contributed by atoms with Gasteiger partial charge in [0, 0.05) is 5.38 Å². The number of carbonyl (C=O) groups is 2. The molecule has 23 heavy (non-hydrogen) atoms. The molecule has 8 heteroatoms. The van der Waals surface area contributed by atoms with Crippen molar-refractivity contribution in [3.05, 3.63) is 16.1 Å². The van der Waals surface area contributed by atoms with Crippen molar-refractivity contribution >= 4 is 23.4 Å². The quantitative estimate of drug-likeness (QED) is 0.797. The van der Waals surface area contributed by atoms with Gasteiger partial charge in [0.05, 0.1) is 12.2 Å². The normalized spacial score (nSPS) is 13.3. The molecule has 2 N–H and O–H groups in total. The minimum Gasteiger partial charge on any atom is -0.461 e. The number of ether oxygens (including phenoxy) is 2. The van der Waals surface area contributed by atoms with Gasteiger partial charge in [-0.2, -0.15) is 0 Å². The largest absolute Gasteiger partial charge is 0.461 e. The van der Waals surface area contributed by atoms with E-state index in [1.165, 1.54) is 5.38 Å². The zero-order valence-electron chi connectivity index (χ0n) is 14.3. The highest BCUT2D eigenvalue weighted by atomic mass is 32.1. The van der Waals surface area contributed by atoms with Crippen molar-refractivity contribution in [3.8, 4) is 0 Å². The van der Waals surface area contributed by atoms with Crippen LogP contribution in [0.1, 0.15) is 63.1 Å². The van der Waals surface area contributed by atoms with E-state index in [0.29, 0.717) is 5.01 Å². The van der Waals surface area contributed by atoms with Gasteiger partial charge in [0.15, 0.2) is 5.69 Å². The summed E-state index contributed by atoms with van der Waals surface area (Å²) in [5.74, 6) is -0.540. The molecule has 0 aliphatic rings. The summed E-state index contributed by atoms with van der Waals surface area (Å²) in [6, 6.07) is -0.814. The van der Waals surface area contributed by atoms with Crippen LogP contribution in [0.4, 0.5) is 4.79 Å². The number of aromatic nitrogens is 1. The number of alkyl carbamates (subject to hydrolysis) is 1. The highest BCUT2D eigenvalue weighted by molar-refractivity contribution is 7.09. The van der Waals surface area contributed by atoms with Gasteiger partial charge < -0.3 is 19.9 Å². The van der Waals surface area contributed by atoms with E-state index in [9.17, 15) is 14.7 Å². The molecule has 1 rings (SSSR count). The average molecular weight is 344 g/mol. The molecule has 1 heterocycles. The Kier molecular flexibility index (Phi) is 6.12. The fourth-order valence-corrected chi connectivity index (χ4v) is 2.70. The lowest BCUT2D eigenvalue weighted by Gasteiger charge is -2.29. The lowest BCUT2D eigenvalue weighted by molar-refractivity contribution is 0.0162. The standard InChI is InChI=1S/C15H24N2O5S/c1-7-21-12(18)9-8-23-11(16-9)10(15(5,6)20)17-13(19)22-14(2,3)4/h8,10,20H,7H2,1-6H3,(H,17,19)/t10-/m1/s1. The SMILES string of the molecule is CCOC(=O)c1csc([C@@H](NC(=O)OC(C)(C)C)C(C)(C)O)n1.